The van der Waals surface area contributed by atoms with E-state index >= 15 is 0 Å². The number of benzene rings is 2. The van der Waals surface area contributed by atoms with Crippen molar-refractivity contribution in [1.29, 1.82) is 0 Å². The Morgan fingerprint density at radius 2 is 1.64 bits per heavy atom. The van der Waals surface area contributed by atoms with Crippen molar-refractivity contribution < 1.29 is 38.1 Å². The maximum atomic E-state index is 14.4. The number of imide groups is 1. The van der Waals surface area contributed by atoms with Gasteiger partial charge in [0, 0.05) is 22.1 Å². The Labute approximate surface area is 272 Å². The van der Waals surface area contributed by atoms with Gasteiger partial charge in [-0.05, 0) is 62.6 Å². The molecule has 3 aromatic rings. The topological polar surface area (TPSA) is 128 Å². The Morgan fingerprint density at radius 1 is 1.04 bits per heavy atom. The Bertz CT molecular complexity index is 1690. The molecule has 1 N–H and O–H groups in total. The number of carboxylic acids is 1. The number of carboxylic acid groups (broad SMARTS) is 1. The van der Waals surface area contributed by atoms with Crippen LogP contribution in [-0.2, 0) is 9.59 Å². The highest BCUT2D eigenvalue weighted by molar-refractivity contribution is 7.99. The van der Waals surface area contributed by atoms with Crippen LogP contribution in [0.4, 0.5) is 10.1 Å². The fourth-order valence-electron chi connectivity index (χ4n) is 4.50. The first-order valence-electron chi connectivity index (χ1n) is 13.4. The molecule has 45 heavy (non-hydrogen) atoms. The van der Waals surface area contributed by atoms with Gasteiger partial charge in [-0.2, -0.15) is 9.97 Å². The lowest BCUT2D eigenvalue weighted by Gasteiger charge is -2.19. The number of halogens is 3. The maximum Gasteiger partial charge on any atom is 0.338 e. The van der Waals surface area contributed by atoms with Crippen LogP contribution in [0, 0.1) is 18.2 Å². The summed E-state index contributed by atoms with van der Waals surface area (Å²) in [6.45, 7) is 1.63. The van der Waals surface area contributed by atoms with Gasteiger partial charge in [-0.3, -0.25) is 9.59 Å². The minimum Gasteiger partial charge on any atom is -0.481 e. The molecule has 0 bridgehead atoms. The average molecular weight is 675 g/mol. The van der Waals surface area contributed by atoms with Gasteiger partial charge in [0.1, 0.15) is 11.6 Å². The Morgan fingerprint density at radius 3 is 2.18 bits per heavy atom. The lowest BCUT2D eigenvalue weighted by molar-refractivity contribution is -0.120. The number of anilines is 1. The second-order valence-corrected chi connectivity index (χ2v) is 11.3. The maximum absolute atomic E-state index is 14.4. The number of hydrogen-bond acceptors (Lipinski definition) is 9. The van der Waals surface area contributed by atoms with Gasteiger partial charge < -0.3 is 19.3 Å². The second kappa shape index (κ2) is 14.6. The number of ether oxygens (including phenoxy) is 3. The first-order valence-corrected chi connectivity index (χ1v) is 15.0. The summed E-state index contributed by atoms with van der Waals surface area (Å²) < 4.78 is 29.9. The summed E-state index contributed by atoms with van der Waals surface area (Å²) in [5, 5.41) is 9.72. The van der Waals surface area contributed by atoms with E-state index in [-0.39, 0.29) is 27.0 Å². The zero-order valence-corrected chi connectivity index (χ0v) is 26.6. The van der Waals surface area contributed by atoms with Crippen LogP contribution in [0.15, 0.2) is 57.6 Å². The van der Waals surface area contributed by atoms with Gasteiger partial charge in [-0.15, -0.1) is 6.42 Å². The van der Waals surface area contributed by atoms with Crippen LogP contribution in [0.1, 0.15) is 43.0 Å². The standard InChI is InChI=1S/C18H15ClFNO3.C13H11ClN2O4S/c1-3-10(2)24-16-9-15(14(20)8-13(16)19)21-17(22)11-6-4-5-7-12(11)18(21)23;1-19-9-6-10(20-2)16-13(15-9)21-8-5-3-4-7(14)11(8)12(17)18/h1,8-10H,4-7H2,2H3;3-6H,1-2H3,(H,17,18). The number of amides is 2. The highest BCUT2D eigenvalue weighted by Crippen LogP contribution is 2.40. The zero-order valence-electron chi connectivity index (χ0n) is 24.2. The molecule has 1 aliphatic heterocycles. The molecular weight excluding hydrogens is 648 g/mol. The van der Waals surface area contributed by atoms with Crippen molar-refractivity contribution in [3.63, 3.8) is 0 Å². The Kier molecular flexibility index (Phi) is 10.9. The lowest BCUT2D eigenvalue weighted by Crippen LogP contribution is -2.32. The number of hydrogen-bond donors (Lipinski definition) is 1. The van der Waals surface area contributed by atoms with Crippen LogP contribution in [0.3, 0.4) is 0 Å². The molecule has 2 aliphatic rings. The summed E-state index contributed by atoms with van der Waals surface area (Å²) in [5.41, 5.74) is 0.817. The number of rotatable bonds is 8. The van der Waals surface area contributed by atoms with Gasteiger partial charge in [0.05, 0.1) is 41.6 Å². The zero-order chi connectivity index (χ0) is 32.8. The molecular formula is C31H26Cl2FN3O7S. The van der Waals surface area contributed by atoms with Crippen LogP contribution < -0.4 is 19.1 Å². The fraction of sp³-hybridized carbons (Fsp3) is 0.258. The average Bonchev–Trinajstić information content (AvgIpc) is 3.27. The molecule has 1 aromatic heterocycles. The third kappa shape index (κ3) is 7.50. The van der Waals surface area contributed by atoms with Crippen molar-refractivity contribution in [3.05, 3.63) is 69.0 Å². The van der Waals surface area contributed by atoms with Gasteiger partial charge in [0.2, 0.25) is 11.8 Å². The number of carbonyl (C=O) groups is 3. The van der Waals surface area contributed by atoms with Crippen molar-refractivity contribution in [2.75, 3.05) is 19.1 Å². The number of carbonyl (C=O) groups excluding carboxylic acids is 2. The molecule has 1 atom stereocenters. The summed E-state index contributed by atoms with van der Waals surface area (Å²) in [7, 11) is 2.94. The molecule has 234 valence electrons. The minimum absolute atomic E-state index is 0.00885. The molecule has 0 fully saturated rings. The first kappa shape index (κ1) is 33.6. The number of nitrogens with zero attached hydrogens (tertiary/aromatic N) is 3. The summed E-state index contributed by atoms with van der Waals surface area (Å²) in [5.74, 6) is 0.339. The van der Waals surface area contributed by atoms with Crippen LogP contribution in [0.2, 0.25) is 10.0 Å². The van der Waals surface area contributed by atoms with Crippen molar-refractivity contribution in [1.82, 2.24) is 9.97 Å². The third-order valence-corrected chi connectivity index (χ3v) is 8.17. The van der Waals surface area contributed by atoms with Crippen LogP contribution >= 0.6 is 35.0 Å². The van der Waals surface area contributed by atoms with Crippen LogP contribution in [0.25, 0.3) is 0 Å². The van der Waals surface area contributed by atoms with E-state index < -0.39 is 29.7 Å². The van der Waals surface area contributed by atoms with Gasteiger partial charge in [-0.25, -0.2) is 14.1 Å². The summed E-state index contributed by atoms with van der Waals surface area (Å²) in [4.78, 5) is 46.0. The second-order valence-electron chi connectivity index (χ2n) is 9.53. The van der Waals surface area contributed by atoms with E-state index in [2.05, 4.69) is 15.9 Å². The Hall–Kier alpha value is -4.31. The minimum atomic E-state index is -1.11. The van der Waals surface area contributed by atoms with E-state index in [0.29, 0.717) is 45.8 Å². The van der Waals surface area contributed by atoms with Crippen molar-refractivity contribution >= 4 is 58.4 Å². The number of aromatic nitrogens is 2. The van der Waals surface area contributed by atoms with Gasteiger partial charge in [0.15, 0.2) is 11.3 Å². The van der Waals surface area contributed by atoms with E-state index in [1.807, 2.05) is 0 Å². The smallest absolute Gasteiger partial charge is 0.338 e. The van der Waals surface area contributed by atoms with Crippen LogP contribution in [0.5, 0.6) is 17.5 Å². The summed E-state index contributed by atoms with van der Waals surface area (Å²) in [6.07, 6.45) is 7.47. The number of aromatic carboxylic acids is 1. The van der Waals surface area contributed by atoms with Crippen molar-refractivity contribution in [2.45, 2.75) is 48.8 Å². The molecule has 0 spiro atoms. The molecule has 0 saturated carbocycles. The van der Waals surface area contributed by atoms with E-state index in [1.54, 1.807) is 19.1 Å². The van der Waals surface area contributed by atoms with Crippen molar-refractivity contribution in [3.8, 4) is 29.9 Å². The molecule has 14 heteroatoms. The molecule has 1 aliphatic carbocycles. The monoisotopic (exact) mass is 673 g/mol. The van der Waals surface area contributed by atoms with Crippen LogP contribution in [-0.4, -0.2) is 53.2 Å². The SMILES string of the molecule is C#CC(C)Oc1cc(N2C(=O)C3=C(CCCC3)C2=O)c(F)cc1Cl.COc1cc(OC)nc(Sc2cccc(Cl)c2C(=O)O)n1. The molecule has 0 saturated heterocycles. The van der Waals surface area contributed by atoms with Crippen molar-refractivity contribution in [2.24, 2.45) is 0 Å². The Balaban J connectivity index is 0.000000207. The van der Waals surface area contributed by atoms with Gasteiger partial charge in [0.25, 0.3) is 11.8 Å². The lowest BCUT2D eigenvalue weighted by atomic mass is 9.93. The molecule has 10 nitrogen and oxygen atoms in total. The molecule has 5 rings (SSSR count). The fourth-order valence-corrected chi connectivity index (χ4v) is 5.92. The third-order valence-electron chi connectivity index (χ3n) is 6.64. The molecule has 1 unspecified atom stereocenters. The summed E-state index contributed by atoms with van der Waals surface area (Å²) >= 11 is 13.0. The predicted octanol–water partition coefficient (Wildman–Crippen LogP) is 6.62. The van der Waals surface area contributed by atoms with E-state index in [1.165, 1.54) is 32.4 Å². The highest BCUT2D eigenvalue weighted by atomic mass is 35.5. The number of methoxy groups -OCH3 is 2. The summed E-state index contributed by atoms with van der Waals surface area (Å²) in [6, 6.07) is 8.61. The van der Waals surface area contributed by atoms with Gasteiger partial charge >= 0.3 is 5.97 Å². The quantitative estimate of drug-likeness (QED) is 0.158. The normalized spacial score (nSPS) is 14.6. The molecule has 0 radical (unpaired) electrons. The van der Waals surface area contributed by atoms with Gasteiger partial charge in [-0.1, -0.05) is 35.2 Å². The van der Waals surface area contributed by atoms with E-state index in [0.717, 1.165) is 35.6 Å². The molecule has 2 heterocycles. The van der Waals surface area contributed by atoms with E-state index in [4.69, 9.17) is 43.8 Å². The van der Waals surface area contributed by atoms with E-state index in [9.17, 15) is 23.9 Å². The highest BCUT2D eigenvalue weighted by Gasteiger charge is 2.41. The first-order chi connectivity index (χ1) is 21.5. The molecule has 2 amide bonds. The molecule has 2 aromatic carbocycles. The largest absolute Gasteiger partial charge is 0.481 e. The predicted molar refractivity (Wildman–Crippen MR) is 166 cm³/mol. The number of terminal acetylenes is 1.